The summed E-state index contributed by atoms with van der Waals surface area (Å²) in [6, 6.07) is 3.99. The van der Waals surface area contributed by atoms with Crippen molar-refractivity contribution in [1.29, 1.82) is 0 Å². The number of rotatable bonds is 3. The van der Waals surface area contributed by atoms with Crippen LogP contribution in [0.2, 0.25) is 0 Å². The van der Waals surface area contributed by atoms with Gasteiger partial charge in [0.25, 0.3) is 0 Å². The van der Waals surface area contributed by atoms with Crippen molar-refractivity contribution < 1.29 is 9.47 Å². The molecule has 0 atom stereocenters. The van der Waals surface area contributed by atoms with Crippen LogP contribution < -0.4 is 14.8 Å². The van der Waals surface area contributed by atoms with Crippen molar-refractivity contribution in [3.63, 3.8) is 0 Å². The first-order valence-corrected chi connectivity index (χ1v) is 7.20. The topological polar surface area (TPSA) is 46.1 Å². The maximum atomic E-state index is 5.46. The van der Waals surface area contributed by atoms with Crippen LogP contribution in [0.3, 0.4) is 0 Å². The third-order valence-electron chi connectivity index (χ3n) is 3.80. The lowest BCUT2D eigenvalue weighted by atomic mass is 10.1. The third-order valence-corrected chi connectivity index (χ3v) is 3.80. The second kappa shape index (κ2) is 5.61. The summed E-state index contributed by atoms with van der Waals surface area (Å²) in [5, 5.41) is 10.1. The van der Waals surface area contributed by atoms with Crippen molar-refractivity contribution in [1.82, 2.24) is 5.01 Å². The van der Waals surface area contributed by atoms with E-state index in [-0.39, 0.29) is 0 Å². The average Bonchev–Trinajstić information content (AvgIpc) is 2.94. The molecule has 1 aromatic carbocycles. The largest absolute Gasteiger partial charge is 0.454 e. The first-order chi connectivity index (χ1) is 9.78. The van der Waals surface area contributed by atoms with E-state index in [1.807, 2.05) is 26.1 Å². The molecule has 0 amide bonds. The van der Waals surface area contributed by atoms with Gasteiger partial charge >= 0.3 is 0 Å². The molecule has 2 heterocycles. The van der Waals surface area contributed by atoms with Crippen LogP contribution in [0.4, 0.5) is 5.69 Å². The maximum Gasteiger partial charge on any atom is 0.231 e. The standard InChI is InChI=1S/C15H21N3O2/c1-11(17-18-6-4-3-5-7-18)12-8-14-15(20-10-19-14)9-13(12)16-2/h8-9,16H,3-7,10H2,1-2H3/b17-11+. The molecule has 5 heteroatoms. The number of piperidine rings is 1. The molecule has 2 aliphatic rings. The van der Waals surface area contributed by atoms with E-state index in [4.69, 9.17) is 14.6 Å². The van der Waals surface area contributed by atoms with Crippen molar-refractivity contribution in [2.75, 3.05) is 32.2 Å². The van der Waals surface area contributed by atoms with Crippen LogP contribution in [0.1, 0.15) is 31.7 Å². The number of anilines is 1. The average molecular weight is 275 g/mol. The molecule has 2 aliphatic heterocycles. The van der Waals surface area contributed by atoms with E-state index >= 15 is 0 Å². The van der Waals surface area contributed by atoms with Crippen LogP contribution in [-0.4, -0.2) is 37.7 Å². The summed E-state index contributed by atoms with van der Waals surface area (Å²) in [4.78, 5) is 0. The number of nitrogens with zero attached hydrogens (tertiary/aromatic N) is 2. The maximum absolute atomic E-state index is 5.46. The highest BCUT2D eigenvalue weighted by Gasteiger charge is 2.18. The van der Waals surface area contributed by atoms with Crippen molar-refractivity contribution in [2.45, 2.75) is 26.2 Å². The van der Waals surface area contributed by atoms with E-state index in [1.54, 1.807) is 0 Å². The van der Waals surface area contributed by atoms with Gasteiger partial charge in [-0.1, -0.05) is 0 Å². The predicted molar refractivity (Wildman–Crippen MR) is 79.7 cm³/mol. The molecular formula is C15H21N3O2. The molecule has 1 aromatic rings. The van der Waals surface area contributed by atoms with Gasteiger partial charge in [-0.2, -0.15) is 5.10 Å². The zero-order chi connectivity index (χ0) is 13.9. The summed E-state index contributed by atoms with van der Waals surface area (Å²) in [5.41, 5.74) is 3.10. The van der Waals surface area contributed by atoms with Crippen molar-refractivity contribution >= 4 is 11.4 Å². The minimum absolute atomic E-state index is 0.296. The smallest absolute Gasteiger partial charge is 0.231 e. The Balaban J connectivity index is 1.89. The zero-order valence-electron chi connectivity index (χ0n) is 12.1. The Morgan fingerprint density at radius 1 is 1.15 bits per heavy atom. The summed E-state index contributed by atoms with van der Waals surface area (Å²) >= 11 is 0. The fourth-order valence-electron chi connectivity index (χ4n) is 2.69. The number of hydrogen-bond acceptors (Lipinski definition) is 5. The zero-order valence-corrected chi connectivity index (χ0v) is 12.1. The molecule has 0 aliphatic carbocycles. The SMILES string of the molecule is CNc1cc2c(cc1/C(C)=N/N1CCCCC1)OCO2. The van der Waals surface area contributed by atoms with Crippen LogP contribution in [0.15, 0.2) is 17.2 Å². The Morgan fingerprint density at radius 2 is 1.85 bits per heavy atom. The molecule has 0 saturated carbocycles. The molecule has 0 spiro atoms. The number of hydrogen-bond donors (Lipinski definition) is 1. The van der Waals surface area contributed by atoms with E-state index in [1.165, 1.54) is 19.3 Å². The quantitative estimate of drug-likeness (QED) is 0.861. The summed E-state index contributed by atoms with van der Waals surface area (Å²) < 4.78 is 10.9. The summed E-state index contributed by atoms with van der Waals surface area (Å²) in [6.45, 7) is 4.45. The Labute approximate surface area is 119 Å². The first kappa shape index (κ1) is 13.1. The van der Waals surface area contributed by atoms with E-state index in [0.29, 0.717) is 6.79 Å². The Bertz CT molecular complexity index is 522. The van der Waals surface area contributed by atoms with Gasteiger partial charge in [-0.05, 0) is 32.3 Å². The van der Waals surface area contributed by atoms with Gasteiger partial charge in [0.1, 0.15) is 0 Å². The van der Waals surface area contributed by atoms with E-state index in [2.05, 4.69) is 10.3 Å². The number of nitrogens with one attached hydrogen (secondary N) is 1. The normalized spacial score (nSPS) is 18.3. The van der Waals surface area contributed by atoms with Gasteiger partial charge in [-0.15, -0.1) is 0 Å². The van der Waals surface area contributed by atoms with Gasteiger partial charge < -0.3 is 14.8 Å². The minimum Gasteiger partial charge on any atom is -0.454 e. The van der Waals surface area contributed by atoms with Crippen molar-refractivity contribution in [2.24, 2.45) is 5.10 Å². The van der Waals surface area contributed by atoms with E-state index in [9.17, 15) is 0 Å². The van der Waals surface area contributed by atoms with Gasteiger partial charge in [0.15, 0.2) is 11.5 Å². The Morgan fingerprint density at radius 3 is 2.55 bits per heavy atom. The number of benzene rings is 1. The molecule has 0 aromatic heterocycles. The monoisotopic (exact) mass is 275 g/mol. The predicted octanol–water partition coefficient (Wildman–Crippen LogP) is 2.67. The van der Waals surface area contributed by atoms with Crippen LogP contribution in [0.25, 0.3) is 0 Å². The molecule has 0 bridgehead atoms. The molecule has 1 N–H and O–H groups in total. The molecule has 20 heavy (non-hydrogen) atoms. The molecule has 0 radical (unpaired) electrons. The number of ether oxygens (including phenoxy) is 2. The van der Waals surface area contributed by atoms with Gasteiger partial charge in [0, 0.05) is 37.5 Å². The molecule has 5 nitrogen and oxygen atoms in total. The summed E-state index contributed by atoms with van der Waals surface area (Å²) in [5.74, 6) is 1.59. The lowest BCUT2D eigenvalue weighted by Gasteiger charge is -2.24. The fourth-order valence-corrected chi connectivity index (χ4v) is 2.69. The fraction of sp³-hybridized carbons (Fsp3) is 0.533. The highest BCUT2D eigenvalue weighted by Crippen LogP contribution is 2.37. The molecular weight excluding hydrogens is 254 g/mol. The number of hydrazone groups is 1. The van der Waals surface area contributed by atoms with Gasteiger partial charge in [0.2, 0.25) is 6.79 Å². The number of fused-ring (bicyclic) bond motifs is 1. The minimum atomic E-state index is 0.296. The lowest BCUT2D eigenvalue weighted by molar-refractivity contribution is 0.174. The van der Waals surface area contributed by atoms with E-state index < -0.39 is 0 Å². The van der Waals surface area contributed by atoms with Crippen LogP contribution >= 0.6 is 0 Å². The summed E-state index contributed by atoms with van der Waals surface area (Å²) in [6.07, 6.45) is 3.78. The van der Waals surface area contributed by atoms with Crippen LogP contribution in [0, 0.1) is 0 Å². The van der Waals surface area contributed by atoms with Crippen LogP contribution in [0.5, 0.6) is 11.5 Å². The second-order valence-electron chi connectivity index (χ2n) is 5.20. The van der Waals surface area contributed by atoms with Crippen LogP contribution in [-0.2, 0) is 0 Å². The molecule has 1 saturated heterocycles. The second-order valence-corrected chi connectivity index (χ2v) is 5.20. The van der Waals surface area contributed by atoms with Crippen molar-refractivity contribution in [3.8, 4) is 11.5 Å². The highest BCUT2D eigenvalue weighted by atomic mass is 16.7. The molecule has 1 fully saturated rings. The summed E-state index contributed by atoms with van der Waals surface area (Å²) in [7, 11) is 1.91. The van der Waals surface area contributed by atoms with Crippen molar-refractivity contribution in [3.05, 3.63) is 17.7 Å². The van der Waals surface area contributed by atoms with E-state index in [0.717, 1.165) is 41.6 Å². The Hall–Kier alpha value is -1.91. The molecule has 0 unspecified atom stereocenters. The molecule has 3 rings (SSSR count). The Kier molecular flexibility index (Phi) is 3.67. The third kappa shape index (κ3) is 2.53. The molecule has 108 valence electrons. The lowest BCUT2D eigenvalue weighted by Crippen LogP contribution is -2.25. The highest BCUT2D eigenvalue weighted by molar-refractivity contribution is 6.04. The first-order valence-electron chi connectivity index (χ1n) is 7.20. The van der Waals surface area contributed by atoms with Gasteiger partial charge in [-0.3, -0.25) is 5.01 Å². The van der Waals surface area contributed by atoms with Gasteiger partial charge in [-0.25, -0.2) is 0 Å². The van der Waals surface area contributed by atoms with Gasteiger partial charge in [0.05, 0.1) is 5.71 Å².